The van der Waals surface area contributed by atoms with Crippen molar-refractivity contribution in [1.82, 2.24) is 9.36 Å². The highest BCUT2D eigenvalue weighted by molar-refractivity contribution is 7.03. The standard InChI is InChI=1S/C7H12N2S/c1-7(2,3)4-6-8-5-10-9-6/h5H,4H2,1-3H3. The molecule has 0 radical (unpaired) electrons. The van der Waals surface area contributed by atoms with Gasteiger partial charge in [-0.15, -0.1) is 0 Å². The van der Waals surface area contributed by atoms with Gasteiger partial charge in [0, 0.05) is 6.42 Å². The first-order chi connectivity index (χ1) is 4.58. The predicted molar refractivity (Wildman–Crippen MR) is 43.1 cm³/mol. The van der Waals surface area contributed by atoms with E-state index in [-0.39, 0.29) is 0 Å². The maximum Gasteiger partial charge on any atom is 0.142 e. The van der Waals surface area contributed by atoms with Gasteiger partial charge in [-0.3, -0.25) is 0 Å². The summed E-state index contributed by atoms with van der Waals surface area (Å²) in [6, 6.07) is 0. The van der Waals surface area contributed by atoms with Crippen molar-refractivity contribution < 1.29 is 0 Å². The van der Waals surface area contributed by atoms with Crippen molar-refractivity contribution in [2.45, 2.75) is 27.2 Å². The smallest absolute Gasteiger partial charge is 0.142 e. The summed E-state index contributed by atoms with van der Waals surface area (Å²) in [5, 5.41) is 0. The van der Waals surface area contributed by atoms with Crippen LogP contribution in [0.1, 0.15) is 26.6 Å². The molecule has 0 atom stereocenters. The average Bonchev–Trinajstić information content (AvgIpc) is 2.12. The Morgan fingerprint density at radius 1 is 1.50 bits per heavy atom. The molecule has 3 heteroatoms. The third-order valence-electron chi connectivity index (χ3n) is 1.10. The van der Waals surface area contributed by atoms with Gasteiger partial charge in [0.25, 0.3) is 0 Å². The van der Waals surface area contributed by atoms with E-state index in [1.807, 2.05) is 0 Å². The van der Waals surface area contributed by atoms with Crippen molar-refractivity contribution >= 4 is 11.5 Å². The van der Waals surface area contributed by atoms with Crippen molar-refractivity contribution in [3.63, 3.8) is 0 Å². The first-order valence-electron chi connectivity index (χ1n) is 3.33. The molecule has 1 aromatic heterocycles. The minimum Gasteiger partial charge on any atom is -0.228 e. The third kappa shape index (κ3) is 2.43. The fourth-order valence-electron chi connectivity index (χ4n) is 0.745. The molecule has 2 nitrogen and oxygen atoms in total. The lowest BCUT2D eigenvalue weighted by Gasteiger charge is -2.14. The molecule has 0 fully saturated rings. The summed E-state index contributed by atoms with van der Waals surface area (Å²) in [4.78, 5) is 4.11. The quantitative estimate of drug-likeness (QED) is 0.622. The van der Waals surface area contributed by atoms with E-state index in [0.717, 1.165) is 12.2 Å². The Kier molecular flexibility index (Phi) is 2.04. The van der Waals surface area contributed by atoms with Crippen molar-refractivity contribution in [3.8, 4) is 0 Å². The molecule has 0 aromatic carbocycles. The molecule has 56 valence electrons. The van der Waals surface area contributed by atoms with Gasteiger partial charge in [0.2, 0.25) is 0 Å². The van der Waals surface area contributed by atoms with Gasteiger partial charge in [-0.2, -0.15) is 4.37 Å². The highest BCUT2D eigenvalue weighted by Crippen LogP contribution is 2.18. The Bertz CT molecular complexity index is 186. The van der Waals surface area contributed by atoms with Crippen molar-refractivity contribution in [3.05, 3.63) is 11.3 Å². The molecular formula is C7H12N2S. The van der Waals surface area contributed by atoms with Crippen LogP contribution in [0.15, 0.2) is 5.51 Å². The number of rotatable bonds is 1. The molecule has 10 heavy (non-hydrogen) atoms. The summed E-state index contributed by atoms with van der Waals surface area (Å²) in [5.74, 6) is 0.970. The van der Waals surface area contributed by atoms with Crippen LogP contribution in [-0.2, 0) is 6.42 Å². The molecule has 1 aromatic rings. The molecule has 0 spiro atoms. The number of aromatic nitrogens is 2. The normalized spacial score (nSPS) is 11.9. The molecule has 0 aliphatic carbocycles. The Hall–Kier alpha value is -0.440. The van der Waals surface area contributed by atoms with Gasteiger partial charge in [-0.1, -0.05) is 20.8 Å². The lowest BCUT2D eigenvalue weighted by molar-refractivity contribution is 0.402. The maximum absolute atomic E-state index is 4.13. The van der Waals surface area contributed by atoms with Gasteiger partial charge in [-0.25, -0.2) is 4.98 Å². The van der Waals surface area contributed by atoms with Crippen LogP contribution in [0.4, 0.5) is 0 Å². The van der Waals surface area contributed by atoms with Gasteiger partial charge < -0.3 is 0 Å². The van der Waals surface area contributed by atoms with Crippen molar-refractivity contribution in [1.29, 1.82) is 0 Å². The first kappa shape index (κ1) is 7.66. The summed E-state index contributed by atoms with van der Waals surface area (Å²) >= 11 is 1.42. The van der Waals surface area contributed by atoms with Crippen LogP contribution in [-0.4, -0.2) is 9.36 Å². The Balaban J connectivity index is 2.57. The topological polar surface area (TPSA) is 25.8 Å². The average molecular weight is 156 g/mol. The van der Waals surface area contributed by atoms with Crippen molar-refractivity contribution in [2.75, 3.05) is 0 Å². The fourth-order valence-corrected chi connectivity index (χ4v) is 1.19. The van der Waals surface area contributed by atoms with Crippen molar-refractivity contribution in [2.24, 2.45) is 5.41 Å². The summed E-state index contributed by atoms with van der Waals surface area (Å²) in [5.41, 5.74) is 2.09. The largest absolute Gasteiger partial charge is 0.228 e. The Labute approximate surface area is 65.5 Å². The fraction of sp³-hybridized carbons (Fsp3) is 0.714. The van der Waals surface area contributed by atoms with E-state index >= 15 is 0 Å². The van der Waals surface area contributed by atoms with Gasteiger partial charge in [0.05, 0.1) is 0 Å². The van der Waals surface area contributed by atoms with Crippen LogP contribution >= 0.6 is 11.5 Å². The maximum atomic E-state index is 4.13. The highest BCUT2D eigenvalue weighted by atomic mass is 32.1. The van der Waals surface area contributed by atoms with Gasteiger partial charge in [0.1, 0.15) is 11.3 Å². The highest BCUT2D eigenvalue weighted by Gasteiger charge is 2.12. The monoisotopic (exact) mass is 156 g/mol. The lowest BCUT2D eigenvalue weighted by atomic mass is 9.92. The van der Waals surface area contributed by atoms with Crippen LogP contribution in [0, 0.1) is 5.41 Å². The molecule has 0 saturated carbocycles. The Morgan fingerprint density at radius 2 is 2.20 bits per heavy atom. The number of nitrogens with zero attached hydrogens (tertiary/aromatic N) is 2. The van der Waals surface area contributed by atoms with E-state index in [2.05, 4.69) is 30.1 Å². The van der Waals surface area contributed by atoms with E-state index in [4.69, 9.17) is 0 Å². The molecule has 0 aliphatic rings. The second kappa shape index (κ2) is 2.66. The molecule has 0 aliphatic heterocycles. The lowest BCUT2D eigenvalue weighted by Crippen LogP contribution is -2.09. The zero-order valence-electron chi connectivity index (χ0n) is 6.59. The molecular weight excluding hydrogens is 144 g/mol. The van der Waals surface area contributed by atoms with E-state index < -0.39 is 0 Å². The summed E-state index contributed by atoms with van der Waals surface area (Å²) < 4.78 is 4.13. The molecule has 1 heterocycles. The van der Waals surface area contributed by atoms with E-state index in [0.29, 0.717) is 5.41 Å². The predicted octanol–water partition coefficient (Wildman–Crippen LogP) is 2.13. The van der Waals surface area contributed by atoms with E-state index in [1.165, 1.54) is 11.5 Å². The van der Waals surface area contributed by atoms with Gasteiger partial charge in [0.15, 0.2) is 0 Å². The number of hydrogen-bond donors (Lipinski definition) is 0. The zero-order valence-corrected chi connectivity index (χ0v) is 7.40. The summed E-state index contributed by atoms with van der Waals surface area (Å²) in [6.07, 6.45) is 0.969. The minimum absolute atomic E-state index is 0.307. The second-order valence-corrected chi connectivity index (χ2v) is 4.19. The molecule has 0 amide bonds. The van der Waals surface area contributed by atoms with Crippen LogP contribution < -0.4 is 0 Å². The van der Waals surface area contributed by atoms with Gasteiger partial charge >= 0.3 is 0 Å². The molecule has 0 bridgehead atoms. The molecule has 0 N–H and O–H groups in total. The molecule has 0 saturated heterocycles. The minimum atomic E-state index is 0.307. The van der Waals surface area contributed by atoms with Crippen LogP contribution in [0.25, 0.3) is 0 Å². The van der Waals surface area contributed by atoms with E-state index in [9.17, 15) is 0 Å². The summed E-state index contributed by atoms with van der Waals surface area (Å²) in [7, 11) is 0. The van der Waals surface area contributed by atoms with Gasteiger partial charge in [-0.05, 0) is 16.9 Å². The second-order valence-electron chi connectivity index (χ2n) is 3.58. The number of hydrogen-bond acceptors (Lipinski definition) is 3. The molecule has 1 rings (SSSR count). The molecule has 0 unspecified atom stereocenters. The van der Waals surface area contributed by atoms with Crippen LogP contribution in [0.2, 0.25) is 0 Å². The Morgan fingerprint density at radius 3 is 2.60 bits per heavy atom. The first-order valence-corrected chi connectivity index (χ1v) is 4.17. The van der Waals surface area contributed by atoms with Crippen LogP contribution in [0.3, 0.4) is 0 Å². The third-order valence-corrected chi connectivity index (χ3v) is 1.61. The summed E-state index contributed by atoms with van der Waals surface area (Å²) in [6.45, 7) is 6.57. The van der Waals surface area contributed by atoms with Crippen LogP contribution in [0.5, 0.6) is 0 Å². The van der Waals surface area contributed by atoms with E-state index in [1.54, 1.807) is 5.51 Å². The SMILES string of the molecule is CC(C)(C)Cc1ncsn1. The zero-order chi connectivity index (χ0) is 7.61.